The van der Waals surface area contributed by atoms with Gasteiger partial charge in [0.1, 0.15) is 5.41 Å². The van der Waals surface area contributed by atoms with E-state index in [9.17, 15) is 4.79 Å². The van der Waals surface area contributed by atoms with Gasteiger partial charge in [-0.1, -0.05) is 0 Å². The number of nitriles is 1. The maximum Gasteiger partial charge on any atom is 0.263 e. The number of methoxy groups -OCH3 is 1. The number of hydrogen-bond acceptors (Lipinski definition) is 4. The zero-order valence-corrected chi connectivity index (χ0v) is 8.21. The molecule has 1 saturated carbocycles. The lowest BCUT2D eigenvalue weighted by Gasteiger charge is -2.32. The van der Waals surface area contributed by atoms with Crippen LogP contribution in [0.5, 0.6) is 0 Å². The molecule has 1 N–H and O–H groups in total. The standard InChI is InChI=1S/C9H14N2O3/c1-13-5-6-14-11-8(12)9(7-10)3-2-4-9/h2-6H2,1H3,(H,11,12). The number of carbonyl (C=O) groups excluding carboxylic acids is 1. The fraction of sp³-hybridized carbons (Fsp3) is 0.778. The predicted molar refractivity (Wildman–Crippen MR) is 47.9 cm³/mol. The summed E-state index contributed by atoms with van der Waals surface area (Å²) in [4.78, 5) is 16.3. The second-order valence-corrected chi connectivity index (χ2v) is 3.32. The van der Waals surface area contributed by atoms with E-state index in [1.807, 2.05) is 6.07 Å². The first-order valence-electron chi connectivity index (χ1n) is 4.57. The number of ether oxygens (including phenoxy) is 1. The van der Waals surface area contributed by atoms with Gasteiger partial charge in [0, 0.05) is 7.11 Å². The normalized spacial score (nSPS) is 18.0. The van der Waals surface area contributed by atoms with E-state index in [-0.39, 0.29) is 5.91 Å². The number of carbonyl (C=O) groups is 1. The second kappa shape index (κ2) is 4.94. The van der Waals surface area contributed by atoms with Crippen molar-refractivity contribution in [1.82, 2.24) is 5.48 Å². The summed E-state index contributed by atoms with van der Waals surface area (Å²) in [5, 5.41) is 8.82. The van der Waals surface area contributed by atoms with E-state index < -0.39 is 5.41 Å². The minimum absolute atomic E-state index is 0.295. The molecule has 0 aromatic heterocycles. The van der Waals surface area contributed by atoms with Gasteiger partial charge < -0.3 is 4.74 Å². The molecule has 0 unspecified atom stereocenters. The van der Waals surface area contributed by atoms with Crippen LogP contribution in [0.3, 0.4) is 0 Å². The van der Waals surface area contributed by atoms with Gasteiger partial charge in [0.2, 0.25) is 0 Å². The van der Waals surface area contributed by atoms with Crippen molar-refractivity contribution >= 4 is 5.91 Å². The molecule has 0 radical (unpaired) electrons. The zero-order chi connectivity index (χ0) is 10.4. The van der Waals surface area contributed by atoms with Gasteiger partial charge >= 0.3 is 0 Å². The summed E-state index contributed by atoms with van der Waals surface area (Å²) >= 11 is 0. The Morgan fingerprint density at radius 3 is 2.71 bits per heavy atom. The molecule has 0 aliphatic heterocycles. The van der Waals surface area contributed by atoms with Gasteiger partial charge in [0.15, 0.2) is 0 Å². The van der Waals surface area contributed by atoms with Crippen LogP contribution in [0.4, 0.5) is 0 Å². The zero-order valence-electron chi connectivity index (χ0n) is 8.21. The number of hydroxylamine groups is 1. The van der Waals surface area contributed by atoms with Gasteiger partial charge in [-0.3, -0.25) is 9.63 Å². The van der Waals surface area contributed by atoms with Crippen LogP contribution in [0, 0.1) is 16.7 Å². The Labute approximate surface area is 82.9 Å². The van der Waals surface area contributed by atoms with Crippen molar-refractivity contribution in [3.63, 3.8) is 0 Å². The smallest absolute Gasteiger partial charge is 0.263 e. The monoisotopic (exact) mass is 198 g/mol. The largest absolute Gasteiger partial charge is 0.382 e. The highest BCUT2D eigenvalue weighted by Crippen LogP contribution is 2.40. The average Bonchev–Trinajstić information content (AvgIpc) is 2.12. The summed E-state index contributed by atoms with van der Waals surface area (Å²) in [6.45, 7) is 0.712. The first kappa shape index (κ1) is 11.0. The lowest BCUT2D eigenvalue weighted by atomic mass is 9.69. The third-order valence-electron chi connectivity index (χ3n) is 2.41. The molecule has 0 atom stereocenters. The Kier molecular flexibility index (Phi) is 3.86. The molecule has 0 spiro atoms. The molecule has 1 aliphatic carbocycles. The minimum Gasteiger partial charge on any atom is -0.382 e. The van der Waals surface area contributed by atoms with E-state index in [4.69, 9.17) is 14.8 Å². The van der Waals surface area contributed by atoms with Crippen molar-refractivity contribution in [2.45, 2.75) is 19.3 Å². The average molecular weight is 198 g/mol. The molecular formula is C9H14N2O3. The van der Waals surface area contributed by atoms with Crippen LogP contribution in [0.25, 0.3) is 0 Å². The van der Waals surface area contributed by atoms with E-state index in [0.29, 0.717) is 26.1 Å². The molecule has 1 aliphatic rings. The number of nitrogens with one attached hydrogen (secondary N) is 1. The third kappa shape index (κ3) is 2.22. The van der Waals surface area contributed by atoms with Crippen LogP contribution in [-0.4, -0.2) is 26.2 Å². The highest BCUT2D eigenvalue weighted by atomic mass is 16.7. The van der Waals surface area contributed by atoms with E-state index in [1.54, 1.807) is 7.11 Å². The molecule has 1 rings (SSSR count). The highest BCUT2D eigenvalue weighted by Gasteiger charge is 2.44. The molecule has 1 amide bonds. The van der Waals surface area contributed by atoms with E-state index in [1.165, 1.54) is 0 Å². The summed E-state index contributed by atoms with van der Waals surface area (Å²) in [5.74, 6) is -0.331. The Balaban J connectivity index is 2.24. The van der Waals surface area contributed by atoms with Crippen molar-refractivity contribution in [3.05, 3.63) is 0 Å². The molecule has 14 heavy (non-hydrogen) atoms. The van der Waals surface area contributed by atoms with Gasteiger partial charge in [-0.05, 0) is 19.3 Å². The second-order valence-electron chi connectivity index (χ2n) is 3.32. The molecule has 1 fully saturated rings. The van der Waals surface area contributed by atoms with Crippen LogP contribution in [0.15, 0.2) is 0 Å². The van der Waals surface area contributed by atoms with Crippen LogP contribution >= 0.6 is 0 Å². The Morgan fingerprint density at radius 1 is 1.57 bits per heavy atom. The topological polar surface area (TPSA) is 71.3 Å². The van der Waals surface area contributed by atoms with Gasteiger partial charge in [-0.25, -0.2) is 5.48 Å². The van der Waals surface area contributed by atoms with Crippen LogP contribution in [0.2, 0.25) is 0 Å². The number of hydrogen-bond donors (Lipinski definition) is 1. The Bertz CT molecular complexity index is 243. The maximum absolute atomic E-state index is 11.4. The highest BCUT2D eigenvalue weighted by molar-refractivity contribution is 5.85. The van der Waals surface area contributed by atoms with Gasteiger partial charge in [-0.15, -0.1) is 0 Å². The van der Waals surface area contributed by atoms with E-state index >= 15 is 0 Å². The van der Waals surface area contributed by atoms with E-state index in [2.05, 4.69) is 5.48 Å². The summed E-state index contributed by atoms with van der Waals surface area (Å²) in [7, 11) is 1.55. The number of amides is 1. The Hall–Kier alpha value is -1.12. The van der Waals surface area contributed by atoms with Crippen LogP contribution in [-0.2, 0) is 14.4 Å². The first-order valence-corrected chi connectivity index (χ1v) is 4.57. The number of nitrogens with zero attached hydrogens (tertiary/aromatic N) is 1. The Morgan fingerprint density at radius 2 is 2.29 bits per heavy atom. The number of rotatable bonds is 5. The molecule has 0 saturated heterocycles. The van der Waals surface area contributed by atoms with Crippen molar-refractivity contribution in [2.75, 3.05) is 20.3 Å². The van der Waals surface area contributed by atoms with Crippen molar-refractivity contribution in [2.24, 2.45) is 5.41 Å². The molecule has 0 aromatic rings. The predicted octanol–water partition coefficient (Wildman–Crippen LogP) is 0.374. The van der Waals surface area contributed by atoms with E-state index in [0.717, 1.165) is 6.42 Å². The first-order chi connectivity index (χ1) is 6.75. The lowest BCUT2D eigenvalue weighted by Crippen LogP contribution is -2.44. The van der Waals surface area contributed by atoms with Gasteiger partial charge in [0.05, 0.1) is 19.3 Å². The molecule has 0 heterocycles. The molecule has 78 valence electrons. The summed E-state index contributed by atoms with van der Waals surface area (Å²) in [6, 6.07) is 2.03. The van der Waals surface area contributed by atoms with Crippen LogP contribution in [0.1, 0.15) is 19.3 Å². The minimum atomic E-state index is -0.840. The quantitative estimate of drug-likeness (QED) is 0.512. The molecule has 5 heteroatoms. The maximum atomic E-state index is 11.4. The molecule has 0 aromatic carbocycles. The summed E-state index contributed by atoms with van der Waals surface area (Å²) in [6.07, 6.45) is 2.19. The fourth-order valence-corrected chi connectivity index (χ4v) is 1.26. The van der Waals surface area contributed by atoms with Gasteiger partial charge in [-0.2, -0.15) is 5.26 Å². The van der Waals surface area contributed by atoms with Gasteiger partial charge in [0.25, 0.3) is 5.91 Å². The molecule has 0 bridgehead atoms. The van der Waals surface area contributed by atoms with Crippen molar-refractivity contribution in [1.29, 1.82) is 5.26 Å². The summed E-state index contributed by atoms with van der Waals surface area (Å²) < 4.78 is 4.73. The van der Waals surface area contributed by atoms with Crippen molar-refractivity contribution < 1.29 is 14.4 Å². The third-order valence-corrected chi connectivity index (χ3v) is 2.41. The SMILES string of the molecule is COCCONC(=O)C1(C#N)CCC1. The van der Waals surface area contributed by atoms with Crippen molar-refractivity contribution in [3.8, 4) is 6.07 Å². The van der Waals surface area contributed by atoms with Crippen LogP contribution < -0.4 is 5.48 Å². The molecular weight excluding hydrogens is 184 g/mol. The molecule has 5 nitrogen and oxygen atoms in total. The summed E-state index contributed by atoms with van der Waals surface area (Å²) in [5.41, 5.74) is 1.43. The fourth-order valence-electron chi connectivity index (χ4n) is 1.26. The lowest BCUT2D eigenvalue weighted by molar-refractivity contribution is -0.146.